The van der Waals surface area contributed by atoms with Crippen molar-refractivity contribution < 1.29 is 19.6 Å². The molecule has 1 heterocycles. The molecular weight excluding hydrogens is 266 g/mol. The second-order valence-corrected chi connectivity index (χ2v) is 3.79. The molecule has 1 aromatic heterocycles. The highest BCUT2D eigenvalue weighted by Gasteiger charge is 2.22. The van der Waals surface area contributed by atoms with E-state index in [9.17, 15) is 14.9 Å². The van der Waals surface area contributed by atoms with E-state index in [1.165, 1.54) is 29.2 Å². The van der Waals surface area contributed by atoms with Crippen LogP contribution in [0, 0.1) is 10.1 Å². The number of hydrogen-bond acceptors (Lipinski definition) is 5. The average Bonchev–Trinajstić information content (AvgIpc) is 2.88. The Morgan fingerprint density at radius 2 is 2.30 bits per heavy atom. The largest absolute Gasteiger partial charge is 0.487 e. The first-order valence-corrected chi connectivity index (χ1v) is 5.72. The van der Waals surface area contributed by atoms with Crippen LogP contribution in [0.1, 0.15) is 17.4 Å². The molecular formula is C12H11N3O5. The third kappa shape index (κ3) is 2.44. The zero-order chi connectivity index (χ0) is 14.7. The molecule has 0 aliphatic heterocycles. The van der Waals surface area contributed by atoms with Gasteiger partial charge in [0.1, 0.15) is 12.0 Å². The van der Waals surface area contributed by atoms with Crippen molar-refractivity contribution in [3.05, 3.63) is 46.5 Å². The highest BCUT2D eigenvalue weighted by Crippen LogP contribution is 2.33. The summed E-state index contributed by atoms with van der Waals surface area (Å²) in [6, 6.07) is 4.57. The molecule has 0 fully saturated rings. The summed E-state index contributed by atoms with van der Waals surface area (Å²) in [6.45, 7) is 2.00. The number of aromatic carboxylic acids is 1. The molecule has 20 heavy (non-hydrogen) atoms. The number of aromatic nitrogens is 2. The van der Waals surface area contributed by atoms with Gasteiger partial charge in [-0.2, -0.15) is 0 Å². The van der Waals surface area contributed by atoms with E-state index in [1.807, 2.05) is 0 Å². The molecule has 2 aromatic rings. The van der Waals surface area contributed by atoms with Gasteiger partial charge in [-0.05, 0) is 19.1 Å². The van der Waals surface area contributed by atoms with Gasteiger partial charge >= 0.3 is 11.7 Å². The van der Waals surface area contributed by atoms with E-state index in [0.717, 1.165) is 0 Å². The minimum atomic E-state index is -1.20. The molecule has 0 spiro atoms. The molecule has 1 N–H and O–H groups in total. The van der Waals surface area contributed by atoms with Crippen LogP contribution < -0.4 is 4.74 Å². The summed E-state index contributed by atoms with van der Waals surface area (Å²) < 4.78 is 6.50. The monoisotopic (exact) mass is 277 g/mol. The van der Waals surface area contributed by atoms with E-state index < -0.39 is 10.9 Å². The van der Waals surface area contributed by atoms with E-state index >= 15 is 0 Å². The SMILES string of the molecule is CCOc1cccc(-n2cnc(C(=O)O)c2)c1[N+](=O)[O-]. The van der Waals surface area contributed by atoms with Crippen LogP contribution in [0.4, 0.5) is 5.69 Å². The summed E-state index contributed by atoms with van der Waals surface area (Å²) in [4.78, 5) is 25.1. The highest BCUT2D eigenvalue weighted by molar-refractivity contribution is 5.85. The number of para-hydroxylation sites is 1. The Balaban J connectivity index is 2.57. The van der Waals surface area contributed by atoms with Crippen molar-refractivity contribution in [3.63, 3.8) is 0 Å². The maximum atomic E-state index is 11.2. The van der Waals surface area contributed by atoms with Gasteiger partial charge in [-0.15, -0.1) is 0 Å². The number of nitro benzene ring substituents is 1. The summed E-state index contributed by atoms with van der Waals surface area (Å²) in [5.41, 5.74) is -0.231. The molecule has 0 amide bonds. The van der Waals surface area contributed by atoms with Gasteiger partial charge in [0.15, 0.2) is 11.4 Å². The van der Waals surface area contributed by atoms with Crippen LogP contribution in [0.15, 0.2) is 30.7 Å². The van der Waals surface area contributed by atoms with Crippen LogP contribution in [0.25, 0.3) is 5.69 Å². The van der Waals surface area contributed by atoms with E-state index in [2.05, 4.69) is 4.98 Å². The second kappa shape index (κ2) is 5.39. The summed E-state index contributed by atoms with van der Waals surface area (Å²) in [5, 5.41) is 20.0. The number of carboxylic acid groups (broad SMARTS) is 1. The van der Waals surface area contributed by atoms with Crippen LogP contribution in [0.2, 0.25) is 0 Å². The highest BCUT2D eigenvalue weighted by atomic mass is 16.6. The van der Waals surface area contributed by atoms with Gasteiger partial charge in [0.25, 0.3) is 0 Å². The number of benzene rings is 1. The van der Waals surface area contributed by atoms with Gasteiger partial charge in [-0.1, -0.05) is 6.07 Å². The van der Waals surface area contributed by atoms with E-state index in [-0.39, 0.29) is 29.4 Å². The Hall–Kier alpha value is -2.90. The van der Waals surface area contributed by atoms with E-state index in [1.54, 1.807) is 13.0 Å². The lowest BCUT2D eigenvalue weighted by Gasteiger charge is -2.08. The number of carbonyl (C=O) groups is 1. The summed E-state index contributed by atoms with van der Waals surface area (Å²) in [7, 11) is 0. The van der Waals surface area contributed by atoms with Gasteiger partial charge in [0.2, 0.25) is 0 Å². The van der Waals surface area contributed by atoms with Crippen LogP contribution in [-0.2, 0) is 0 Å². The molecule has 0 bridgehead atoms. The Labute approximate surface area is 113 Å². The molecule has 104 valence electrons. The van der Waals surface area contributed by atoms with Crippen LogP contribution in [0.3, 0.4) is 0 Å². The zero-order valence-electron chi connectivity index (χ0n) is 10.5. The second-order valence-electron chi connectivity index (χ2n) is 3.79. The van der Waals surface area contributed by atoms with Crippen molar-refractivity contribution in [2.45, 2.75) is 6.92 Å². The number of ether oxygens (including phenoxy) is 1. The van der Waals surface area contributed by atoms with Crippen molar-refractivity contribution in [2.24, 2.45) is 0 Å². The van der Waals surface area contributed by atoms with Gasteiger partial charge in [-0.3, -0.25) is 14.7 Å². The van der Waals surface area contributed by atoms with Gasteiger partial charge in [-0.25, -0.2) is 9.78 Å². The number of nitrogens with zero attached hydrogens (tertiary/aromatic N) is 3. The fraction of sp³-hybridized carbons (Fsp3) is 0.167. The lowest BCUT2D eigenvalue weighted by Crippen LogP contribution is -2.03. The number of hydrogen-bond donors (Lipinski definition) is 1. The molecule has 0 atom stereocenters. The quantitative estimate of drug-likeness (QED) is 0.660. The van der Waals surface area contributed by atoms with Crippen molar-refractivity contribution in [1.82, 2.24) is 9.55 Å². The topological polar surface area (TPSA) is 107 Å². The summed E-state index contributed by atoms with van der Waals surface area (Å²) in [6.07, 6.45) is 2.42. The summed E-state index contributed by atoms with van der Waals surface area (Å²) in [5.74, 6) is -1.08. The smallest absolute Gasteiger partial charge is 0.356 e. The molecule has 0 radical (unpaired) electrons. The Kier molecular flexibility index (Phi) is 3.65. The zero-order valence-corrected chi connectivity index (χ0v) is 10.5. The molecule has 8 heteroatoms. The Morgan fingerprint density at radius 3 is 2.85 bits per heavy atom. The van der Waals surface area contributed by atoms with Crippen molar-refractivity contribution in [3.8, 4) is 11.4 Å². The fourth-order valence-electron chi connectivity index (χ4n) is 1.74. The van der Waals surface area contributed by atoms with Gasteiger partial charge in [0, 0.05) is 6.20 Å². The van der Waals surface area contributed by atoms with Gasteiger partial charge in [0.05, 0.1) is 11.5 Å². The van der Waals surface area contributed by atoms with Gasteiger partial charge < -0.3 is 9.84 Å². The lowest BCUT2D eigenvalue weighted by atomic mass is 10.2. The predicted molar refractivity (Wildman–Crippen MR) is 68.3 cm³/mol. The molecule has 0 aliphatic rings. The number of rotatable bonds is 5. The van der Waals surface area contributed by atoms with Crippen molar-refractivity contribution >= 4 is 11.7 Å². The Morgan fingerprint density at radius 1 is 1.55 bits per heavy atom. The minimum absolute atomic E-state index is 0.126. The van der Waals surface area contributed by atoms with Crippen molar-refractivity contribution in [2.75, 3.05) is 6.61 Å². The lowest BCUT2D eigenvalue weighted by molar-refractivity contribution is -0.385. The molecule has 2 rings (SSSR count). The van der Waals surface area contributed by atoms with Crippen LogP contribution in [0.5, 0.6) is 5.75 Å². The molecule has 0 unspecified atom stereocenters. The third-order valence-electron chi connectivity index (χ3n) is 2.54. The minimum Gasteiger partial charge on any atom is -0.487 e. The summed E-state index contributed by atoms with van der Waals surface area (Å²) >= 11 is 0. The standard InChI is InChI=1S/C12H11N3O5/c1-2-20-10-5-3-4-9(11(10)15(18)19)14-6-8(12(16)17)13-7-14/h3-7H,2H2,1H3,(H,16,17). The molecule has 0 saturated carbocycles. The fourth-order valence-corrected chi connectivity index (χ4v) is 1.74. The third-order valence-corrected chi connectivity index (χ3v) is 2.54. The Bertz CT molecular complexity index is 665. The van der Waals surface area contributed by atoms with Crippen LogP contribution >= 0.6 is 0 Å². The maximum Gasteiger partial charge on any atom is 0.356 e. The normalized spacial score (nSPS) is 10.2. The first-order valence-electron chi connectivity index (χ1n) is 5.72. The van der Waals surface area contributed by atoms with E-state index in [0.29, 0.717) is 0 Å². The first kappa shape index (κ1) is 13.5. The molecule has 1 aromatic carbocycles. The van der Waals surface area contributed by atoms with Crippen LogP contribution in [-0.4, -0.2) is 32.2 Å². The van der Waals surface area contributed by atoms with Crippen molar-refractivity contribution in [1.29, 1.82) is 0 Å². The number of carboxylic acids is 1. The number of imidazole rings is 1. The predicted octanol–water partition coefficient (Wildman–Crippen LogP) is 1.88. The first-order chi connectivity index (χ1) is 9.54. The maximum absolute atomic E-state index is 11.2. The van der Waals surface area contributed by atoms with E-state index in [4.69, 9.17) is 9.84 Å². The molecule has 8 nitrogen and oxygen atoms in total. The molecule has 0 aliphatic carbocycles. The molecule has 0 saturated heterocycles. The number of nitro groups is 1. The average molecular weight is 277 g/mol.